The second-order valence-electron chi connectivity index (χ2n) is 4.50. The molecular formula is C14H21NO4. The zero-order valence-corrected chi connectivity index (χ0v) is 11.7. The molecule has 2 rings (SSSR count). The van der Waals surface area contributed by atoms with E-state index in [-0.39, 0.29) is 6.10 Å². The van der Waals surface area contributed by atoms with E-state index in [4.69, 9.17) is 18.9 Å². The fraction of sp³-hybridized carbons (Fsp3) is 0.571. The van der Waals surface area contributed by atoms with E-state index in [2.05, 4.69) is 5.32 Å². The molecule has 0 bridgehead atoms. The van der Waals surface area contributed by atoms with Crippen molar-refractivity contribution < 1.29 is 18.9 Å². The van der Waals surface area contributed by atoms with Gasteiger partial charge in [0.25, 0.3) is 0 Å². The third-order valence-corrected chi connectivity index (χ3v) is 3.05. The number of benzene rings is 1. The molecule has 0 saturated carbocycles. The van der Waals surface area contributed by atoms with Crippen LogP contribution < -0.4 is 19.5 Å². The van der Waals surface area contributed by atoms with E-state index in [1.807, 2.05) is 19.1 Å². The molecule has 1 atom stereocenters. The highest BCUT2D eigenvalue weighted by Crippen LogP contribution is 2.40. The summed E-state index contributed by atoms with van der Waals surface area (Å²) in [4.78, 5) is 0. The summed E-state index contributed by atoms with van der Waals surface area (Å²) < 4.78 is 21.7. The van der Waals surface area contributed by atoms with Crippen LogP contribution >= 0.6 is 0 Å². The van der Waals surface area contributed by atoms with Crippen molar-refractivity contribution in [1.29, 1.82) is 0 Å². The van der Waals surface area contributed by atoms with Gasteiger partial charge in [-0.2, -0.15) is 0 Å². The van der Waals surface area contributed by atoms with Gasteiger partial charge in [-0.25, -0.2) is 0 Å². The average molecular weight is 267 g/mol. The minimum absolute atomic E-state index is 0.194. The minimum Gasteiger partial charge on any atom is -0.493 e. The van der Waals surface area contributed by atoms with E-state index in [9.17, 15) is 0 Å². The van der Waals surface area contributed by atoms with Crippen LogP contribution in [0.1, 0.15) is 12.5 Å². The zero-order valence-electron chi connectivity index (χ0n) is 11.7. The lowest BCUT2D eigenvalue weighted by atomic mass is 10.1. The number of hydrogen-bond donors (Lipinski definition) is 1. The Morgan fingerprint density at radius 3 is 2.79 bits per heavy atom. The Morgan fingerprint density at radius 1 is 1.26 bits per heavy atom. The first-order chi connectivity index (χ1) is 9.24. The molecule has 0 radical (unpaired) electrons. The van der Waals surface area contributed by atoms with Crippen molar-refractivity contribution in [2.24, 2.45) is 0 Å². The first kappa shape index (κ1) is 14.0. The van der Waals surface area contributed by atoms with Crippen molar-refractivity contribution in [3.8, 4) is 17.2 Å². The summed E-state index contributed by atoms with van der Waals surface area (Å²) in [7, 11) is 3.34. The molecule has 1 aliphatic rings. The van der Waals surface area contributed by atoms with E-state index in [1.165, 1.54) is 0 Å². The Balaban J connectivity index is 2.05. The Morgan fingerprint density at radius 2 is 2.05 bits per heavy atom. The van der Waals surface area contributed by atoms with Crippen molar-refractivity contribution in [2.45, 2.75) is 19.6 Å². The first-order valence-electron chi connectivity index (χ1n) is 6.44. The molecule has 0 spiro atoms. The maximum absolute atomic E-state index is 5.60. The molecule has 5 heteroatoms. The Hall–Kier alpha value is -1.46. The Bertz CT molecular complexity index is 405. The van der Waals surface area contributed by atoms with E-state index in [0.29, 0.717) is 24.7 Å². The number of fused-ring (bicyclic) bond motifs is 1. The summed E-state index contributed by atoms with van der Waals surface area (Å²) in [6.07, 6.45) is 0.194. The number of rotatable bonds is 6. The van der Waals surface area contributed by atoms with Gasteiger partial charge < -0.3 is 24.3 Å². The van der Waals surface area contributed by atoms with Crippen LogP contribution in [-0.2, 0) is 11.3 Å². The van der Waals surface area contributed by atoms with E-state index in [0.717, 1.165) is 24.4 Å². The molecule has 5 nitrogen and oxygen atoms in total. The molecule has 1 aliphatic heterocycles. The molecule has 0 aromatic heterocycles. The molecule has 1 N–H and O–H groups in total. The van der Waals surface area contributed by atoms with Crippen molar-refractivity contribution in [3.63, 3.8) is 0 Å². The molecule has 0 aliphatic carbocycles. The lowest BCUT2D eigenvalue weighted by Gasteiger charge is -2.21. The van der Waals surface area contributed by atoms with Gasteiger partial charge in [0.1, 0.15) is 13.2 Å². The molecule has 0 saturated heterocycles. The molecule has 19 heavy (non-hydrogen) atoms. The lowest BCUT2D eigenvalue weighted by Crippen LogP contribution is -2.25. The molecule has 1 heterocycles. The molecule has 0 amide bonds. The van der Waals surface area contributed by atoms with Gasteiger partial charge in [-0.05, 0) is 24.6 Å². The van der Waals surface area contributed by atoms with Gasteiger partial charge in [0.2, 0.25) is 5.75 Å². The van der Waals surface area contributed by atoms with Gasteiger partial charge in [-0.1, -0.05) is 0 Å². The highest BCUT2D eigenvalue weighted by atomic mass is 16.6. The maximum atomic E-state index is 5.60. The van der Waals surface area contributed by atoms with E-state index < -0.39 is 0 Å². The molecule has 1 unspecified atom stereocenters. The minimum atomic E-state index is 0.194. The smallest absolute Gasteiger partial charge is 0.203 e. The van der Waals surface area contributed by atoms with Crippen LogP contribution in [0, 0.1) is 0 Å². The van der Waals surface area contributed by atoms with Gasteiger partial charge in [-0.3, -0.25) is 0 Å². The monoisotopic (exact) mass is 267 g/mol. The third-order valence-electron chi connectivity index (χ3n) is 3.05. The van der Waals surface area contributed by atoms with Crippen LogP contribution in [0.3, 0.4) is 0 Å². The van der Waals surface area contributed by atoms with Gasteiger partial charge in [0, 0.05) is 20.2 Å². The van der Waals surface area contributed by atoms with Crippen LogP contribution in [0.2, 0.25) is 0 Å². The number of ether oxygens (including phenoxy) is 4. The SMILES string of the molecule is COc1cc(CNCC(C)OC)cc2c1OCCO2. The highest BCUT2D eigenvalue weighted by molar-refractivity contribution is 5.54. The quantitative estimate of drug-likeness (QED) is 0.848. The topological polar surface area (TPSA) is 49.0 Å². The standard InChI is InChI=1S/C14H21NO4/c1-10(16-2)8-15-9-11-6-12(17-3)14-13(7-11)18-4-5-19-14/h6-7,10,15H,4-5,8-9H2,1-3H3. The summed E-state index contributed by atoms with van der Waals surface area (Å²) in [5.41, 5.74) is 1.10. The van der Waals surface area contributed by atoms with E-state index in [1.54, 1.807) is 14.2 Å². The van der Waals surface area contributed by atoms with Crippen LogP contribution in [-0.4, -0.2) is 40.1 Å². The van der Waals surface area contributed by atoms with Crippen LogP contribution in [0.25, 0.3) is 0 Å². The predicted molar refractivity (Wildman–Crippen MR) is 72.2 cm³/mol. The van der Waals surface area contributed by atoms with Crippen molar-refractivity contribution >= 4 is 0 Å². The summed E-state index contributed by atoms with van der Waals surface area (Å²) in [6.45, 7) is 4.70. The van der Waals surface area contributed by atoms with Crippen LogP contribution in [0.5, 0.6) is 17.2 Å². The summed E-state index contributed by atoms with van der Waals surface area (Å²) >= 11 is 0. The fourth-order valence-corrected chi connectivity index (χ4v) is 1.93. The zero-order chi connectivity index (χ0) is 13.7. The second kappa shape index (κ2) is 6.63. The van der Waals surface area contributed by atoms with Gasteiger partial charge in [0.05, 0.1) is 13.2 Å². The van der Waals surface area contributed by atoms with Crippen molar-refractivity contribution in [3.05, 3.63) is 17.7 Å². The summed E-state index contributed by atoms with van der Waals surface area (Å²) in [5.74, 6) is 2.17. The first-order valence-corrected chi connectivity index (χ1v) is 6.44. The molecule has 0 fully saturated rings. The average Bonchev–Trinajstić information content (AvgIpc) is 2.46. The van der Waals surface area contributed by atoms with Gasteiger partial charge in [-0.15, -0.1) is 0 Å². The molecule has 106 valence electrons. The van der Waals surface area contributed by atoms with Crippen LogP contribution in [0.4, 0.5) is 0 Å². The van der Waals surface area contributed by atoms with Crippen molar-refractivity contribution in [2.75, 3.05) is 34.0 Å². The largest absolute Gasteiger partial charge is 0.493 e. The number of methoxy groups -OCH3 is 2. The molecular weight excluding hydrogens is 246 g/mol. The maximum Gasteiger partial charge on any atom is 0.203 e. The van der Waals surface area contributed by atoms with Gasteiger partial charge >= 0.3 is 0 Å². The summed E-state index contributed by atoms with van der Waals surface area (Å²) in [5, 5.41) is 3.33. The molecule has 1 aromatic rings. The van der Waals surface area contributed by atoms with Gasteiger partial charge in [0.15, 0.2) is 11.5 Å². The third kappa shape index (κ3) is 3.52. The number of hydrogen-bond acceptors (Lipinski definition) is 5. The molecule has 1 aromatic carbocycles. The van der Waals surface area contributed by atoms with Crippen molar-refractivity contribution in [1.82, 2.24) is 5.32 Å². The fourth-order valence-electron chi connectivity index (χ4n) is 1.93. The Labute approximate surface area is 113 Å². The summed E-state index contributed by atoms with van der Waals surface area (Å²) in [6, 6.07) is 3.96. The van der Waals surface area contributed by atoms with Crippen LogP contribution in [0.15, 0.2) is 12.1 Å². The predicted octanol–water partition coefficient (Wildman–Crippen LogP) is 1.59. The normalized spacial score (nSPS) is 15.1. The second-order valence-corrected chi connectivity index (χ2v) is 4.50. The lowest BCUT2D eigenvalue weighted by molar-refractivity contribution is 0.117. The highest BCUT2D eigenvalue weighted by Gasteiger charge is 2.18. The Kier molecular flexibility index (Phi) is 4.87. The van der Waals surface area contributed by atoms with E-state index >= 15 is 0 Å². The number of nitrogens with one attached hydrogen (secondary N) is 1.